The zero-order valence-electron chi connectivity index (χ0n) is 10.5. The van der Waals surface area contributed by atoms with Crippen molar-refractivity contribution in [2.45, 2.75) is 25.8 Å². The van der Waals surface area contributed by atoms with Crippen LogP contribution in [0.3, 0.4) is 0 Å². The lowest BCUT2D eigenvalue weighted by atomic mass is 10.0. The summed E-state index contributed by atoms with van der Waals surface area (Å²) in [5.74, 6) is 0.735. The Morgan fingerprint density at radius 2 is 2.11 bits per heavy atom. The molecule has 0 fully saturated rings. The summed E-state index contributed by atoms with van der Waals surface area (Å²) in [7, 11) is 0. The molecule has 1 heterocycles. The number of halogens is 1. The van der Waals surface area contributed by atoms with Crippen LogP contribution < -0.4 is 5.32 Å². The summed E-state index contributed by atoms with van der Waals surface area (Å²) < 4.78 is 12.9. The maximum atomic E-state index is 12.9. The highest BCUT2D eigenvalue weighted by Gasteiger charge is 2.12. The van der Waals surface area contributed by atoms with Crippen LogP contribution in [-0.4, -0.2) is 16.5 Å². The van der Waals surface area contributed by atoms with Crippen molar-refractivity contribution in [3.63, 3.8) is 0 Å². The Balaban J connectivity index is 2.11. The number of imidazole rings is 1. The summed E-state index contributed by atoms with van der Waals surface area (Å²) in [6.45, 7) is 3.06. The molecule has 0 saturated heterocycles. The SMILES string of the molecule is CCCNC(Cc1ncc[nH]1)c1ccc(F)cc1. The van der Waals surface area contributed by atoms with Gasteiger partial charge in [0, 0.05) is 24.9 Å². The Morgan fingerprint density at radius 3 is 2.72 bits per heavy atom. The summed E-state index contributed by atoms with van der Waals surface area (Å²) in [5.41, 5.74) is 1.08. The molecular formula is C14H18FN3. The highest BCUT2D eigenvalue weighted by atomic mass is 19.1. The maximum Gasteiger partial charge on any atom is 0.123 e. The Bertz CT molecular complexity index is 450. The second-order valence-corrected chi connectivity index (χ2v) is 4.30. The fourth-order valence-corrected chi connectivity index (χ4v) is 1.92. The molecule has 1 aromatic carbocycles. The van der Waals surface area contributed by atoms with E-state index in [-0.39, 0.29) is 11.9 Å². The van der Waals surface area contributed by atoms with Crippen molar-refractivity contribution in [2.24, 2.45) is 0 Å². The Kier molecular flexibility index (Phi) is 4.47. The number of nitrogens with one attached hydrogen (secondary N) is 2. The quantitative estimate of drug-likeness (QED) is 0.824. The highest BCUT2D eigenvalue weighted by Crippen LogP contribution is 2.17. The third-order valence-corrected chi connectivity index (χ3v) is 2.87. The van der Waals surface area contributed by atoms with E-state index < -0.39 is 0 Å². The highest BCUT2D eigenvalue weighted by molar-refractivity contribution is 5.21. The summed E-state index contributed by atoms with van der Waals surface area (Å²) >= 11 is 0. The molecule has 4 heteroatoms. The van der Waals surface area contributed by atoms with Gasteiger partial charge in [-0.2, -0.15) is 0 Å². The number of hydrogen-bond donors (Lipinski definition) is 2. The molecule has 0 aliphatic rings. The van der Waals surface area contributed by atoms with Crippen molar-refractivity contribution in [3.8, 4) is 0 Å². The van der Waals surface area contributed by atoms with Gasteiger partial charge in [-0.3, -0.25) is 0 Å². The predicted octanol–water partition coefficient (Wildman–Crippen LogP) is 2.83. The molecule has 0 saturated carbocycles. The van der Waals surface area contributed by atoms with E-state index in [1.54, 1.807) is 6.20 Å². The van der Waals surface area contributed by atoms with E-state index in [1.807, 2.05) is 18.3 Å². The van der Waals surface area contributed by atoms with Crippen molar-refractivity contribution in [3.05, 3.63) is 53.9 Å². The van der Waals surface area contributed by atoms with Crippen LogP contribution in [0.1, 0.15) is 30.8 Å². The molecule has 0 bridgehead atoms. The first kappa shape index (κ1) is 12.8. The molecule has 0 spiro atoms. The van der Waals surface area contributed by atoms with E-state index >= 15 is 0 Å². The predicted molar refractivity (Wildman–Crippen MR) is 69.7 cm³/mol. The third kappa shape index (κ3) is 3.40. The minimum atomic E-state index is -0.203. The fraction of sp³-hybridized carbons (Fsp3) is 0.357. The molecule has 2 N–H and O–H groups in total. The molecule has 2 aromatic rings. The van der Waals surface area contributed by atoms with Gasteiger partial charge in [-0.05, 0) is 30.7 Å². The van der Waals surface area contributed by atoms with Crippen LogP contribution in [0, 0.1) is 5.82 Å². The second-order valence-electron chi connectivity index (χ2n) is 4.30. The van der Waals surface area contributed by atoms with Gasteiger partial charge in [0.25, 0.3) is 0 Å². The molecule has 3 nitrogen and oxygen atoms in total. The summed E-state index contributed by atoms with van der Waals surface area (Å²) in [6, 6.07) is 6.81. The van der Waals surface area contributed by atoms with Crippen LogP contribution >= 0.6 is 0 Å². The lowest BCUT2D eigenvalue weighted by Crippen LogP contribution is -2.24. The van der Waals surface area contributed by atoms with Gasteiger partial charge in [-0.15, -0.1) is 0 Å². The van der Waals surface area contributed by atoms with E-state index in [2.05, 4.69) is 22.2 Å². The zero-order chi connectivity index (χ0) is 12.8. The van der Waals surface area contributed by atoms with Gasteiger partial charge in [-0.1, -0.05) is 19.1 Å². The minimum Gasteiger partial charge on any atom is -0.349 e. The van der Waals surface area contributed by atoms with E-state index in [0.717, 1.165) is 30.8 Å². The second kappa shape index (κ2) is 6.31. The van der Waals surface area contributed by atoms with E-state index in [1.165, 1.54) is 12.1 Å². The molecule has 2 rings (SSSR count). The van der Waals surface area contributed by atoms with E-state index in [9.17, 15) is 4.39 Å². The van der Waals surface area contributed by atoms with Crippen LogP contribution in [-0.2, 0) is 6.42 Å². The number of H-pyrrole nitrogens is 1. The molecule has 18 heavy (non-hydrogen) atoms. The number of hydrogen-bond acceptors (Lipinski definition) is 2. The number of benzene rings is 1. The third-order valence-electron chi connectivity index (χ3n) is 2.87. The van der Waals surface area contributed by atoms with E-state index in [0.29, 0.717) is 0 Å². The molecular weight excluding hydrogens is 229 g/mol. The standard InChI is InChI=1S/C14H18FN3/c1-2-7-16-13(10-14-17-8-9-18-14)11-3-5-12(15)6-4-11/h3-6,8-9,13,16H,2,7,10H2,1H3,(H,17,18). The minimum absolute atomic E-state index is 0.164. The van der Waals surface area contributed by atoms with Crippen LogP contribution in [0.4, 0.5) is 4.39 Å². The number of rotatable bonds is 6. The first-order valence-electron chi connectivity index (χ1n) is 6.26. The van der Waals surface area contributed by atoms with Crippen molar-refractivity contribution in [1.82, 2.24) is 15.3 Å². The Hall–Kier alpha value is -1.68. The van der Waals surface area contributed by atoms with Gasteiger partial charge in [0.1, 0.15) is 11.6 Å². The average molecular weight is 247 g/mol. The van der Waals surface area contributed by atoms with Gasteiger partial charge in [0.05, 0.1) is 0 Å². The zero-order valence-corrected chi connectivity index (χ0v) is 10.5. The Morgan fingerprint density at radius 1 is 1.33 bits per heavy atom. The van der Waals surface area contributed by atoms with Crippen molar-refractivity contribution >= 4 is 0 Å². The summed E-state index contributed by atoms with van der Waals surface area (Å²) in [4.78, 5) is 7.34. The van der Waals surface area contributed by atoms with Crippen LogP contribution in [0.25, 0.3) is 0 Å². The van der Waals surface area contributed by atoms with Crippen LogP contribution in [0.2, 0.25) is 0 Å². The van der Waals surface area contributed by atoms with Crippen molar-refractivity contribution in [1.29, 1.82) is 0 Å². The lowest BCUT2D eigenvalue weighted by Gasteiger charge is -2.18. The number of nitrogens with zero attached hydrogens (tertiary/aromatic N) is 1. The monoisotopic (exact) mass is 247 g/mol. The molecule has 0 aliphatic carbocycles. The molecule has 1 unspecified atom stereocenters. The van der Waals surface area contributed by atoms with Gasteiger partial charge < -0.3 is 10.3 Å². The normalized spacial score (nSPS) is 12.6. The van der Waals surface area contributed by atoms with E-state index in [4.69, 9.17) is 0 Å². The maximum absolute atomic E-state index is 12.9. The van der Waals surface area contributed by atoms with Gasteiger partial charge >= 0.3 is 0 Å². The fourth-order valence-electron chi connectivity index (χ4n) is 1.92. The lowest BCUT2D eigenvalue weighted by molar-refractivity contribution is 0.519. The largest absolute Gasteiger partial charge is 0.349 e. The first-order chi connectivity index (χ1) is 8.79. The molecule has 0 radical (unpaired) electrons. The molecule has 1 atom stereocenters. The van der Waals surface area contributed by atoms with Crippen molar-refractivity contribution in [2.75, 3.05) is 6.54 Å². The average Bonchev–Trinajstić information content (AvgIpc) is 2.88. The van der Waals surface area contributed by atoms with Gasteiger partial charge in [-0.25, -0.2) is 9.37 Å². The van der Waals surface area contributed by atoms with Crippen molar-refractivity contribution < 1.29 is 4.39 Å². The smallest absolute Gasteiger partial charge is 0.123 e. The summed E-state index contributed by atoms with van der Waals surface area (Å²) in [6.07, 6.45) is 5.40. The topological polar surface area (TPSA) is 40.7 Å². The molecule has 1 aromatic heterocycles. The van der Waals surface area contributed by atoms with Gasteiger partial charge in [0.15, 0.2) is 0 Å². The molecule has 0 amide bonds. The van der Waals surface area contributed by atoms with Crippen LogP contribution in [0.5, 0.6) is 0 Å². The Labute approximate surface area is 106 Å². The molecule has 96 valence electrons. The molecule has 0 aliphatic heterocycles. The number of aromatic nitrogens is 2. The number of aromatic amines is 1. The van der Waals surface area contributed by atoms with Crippen LogP contribution in [0.15, 0.2) is 36.7 Å². The first-order valence-corrected chi connectivity index (χ1v) is 6.26. The van der Waals surface area contributed by atoms with Gasteiger partial charge in [0.2, 0.25) is 0 Å². The summed E-state index contributed by atoms with van der Waals surface area (Å²) in [5, 5.41) is 3.46.